The van der Waals surface area contributed by atoms with E-state index in [4.69, 9.17) is 0 Å². The van der Waals surface area contributed by atoms with Gasteiger partial charge in [-0.3, -0.25) is 0 Å². The maximum atomic E-state index is 3.77. The van der Waals surface area contributed by atoms with Crippen molar-refractivity contribution >= 4 is 43.2 Å². The summed E-state index contributed by atoms with van der Waals surface area (Å²) in [6, 6.07) is 13.1. The van der Waals surface area contributed by atoms with Crippen LogP contribution in [0, 0.1) is 0 Å². The first kappa shape index (κ1) is 14.3. The summed E-state index contributed by atoms with van der Waals surface area (Å²) in [4.78, 5) is 1.60. The lowest BCUT2D eigenvalue weighted by molar-refractivity contribution is 0.590. The zero-order chi connectivity index (χ0) is 13.3. The van der Waals surface area contributed by atoms with Crippen LogP contribution in [0.4, 0.5) is 0 Å². The molecule has 0 aliphatic carbocycles. The topological polar surface area (TPSA) is 0 Å². The molecular formula is C15H16Br2S. The SMILES string of the molecule is CC(C)(C)c1ccc(C(Br)c2ccc(Br)s2)cc1. The molecule has 1 aromatic heterocycles. The molecule has 0 fully saturated rings. The van der Waals surface area contributed by atoms with E-state index < -0.39 is 0 Å². The average molecular weight is 388 g/mol. The number of rotatable bonds is 2. The first-order valence-electron chi connectivity index (χ1n) is 5.87. The molecule has 1 heterocycles. The fourth-order valence-electron chi connectivity index (χ4n) is 1.78. The third-order valence-corrected chi connectivity index (χ3v) is 5.93. The van der Waals surface area contributed by atoms with Crippen LogP contribution in [-0.4, -0.2) is 0 Å². The van der Waals surface area contributed by atoms with Crippen LogP contribution >= 0.6 is 43.2 Å². The fraction of sp³-hybridized carbons (Fsp3) is 0.333. The highest BCUT2D eigenvalue weighted by Crippen LogP contribution is 2.37. The third kappa shape index (κ3) is 3.25. The standard InChI is InChI=1S/C15H16Br2S/c1-15(2,3)11-6-4-10(5-7-11)14(17)12-8-9-13(16)18-12/h4-9,14H,1-3H3. The number of thiophene rings is 1. The Bertz CT molecular complexity index is 520. The summed E-state index contributed by atoms with van der Waals surface area (Å²) >= 11 is 9.05. The summed E-state index contributed by atoms with van der Waals surface area (Å²) in [6.07, 6.45) is 0. The molecule has 0 N–H and O–H groups in total. The number of benzene rings is 1. The van der Waals surface area contributed by atoms with Crippen LogP contribution in [-0.2, 0) is 5.41 Å². The van der Waals surface area contributed by atoms with Crippen molar-refractivity contribution in [1.82, 2.24) is 0 Å². The van der Waals surface area contributed by atoms with E-state index in [1.807, 2.05) is 0 Å². The second kappa shape index (κ2) is 5.48. The predicted octanol–water partition coefficient (Wildman–Crippen LogP) is 6.29. The molecule has 0 saturated carbocycles. The Hall–Kier alpha value is -0.120. The lowest BCUT2D eigenvalue weighted by Gasteiger charge is -2.19. The maximum Gasteiger partial charge on any atom is 0.0738 e. The average Bonchev–Trinajstić information content (AvgIpc) is 2.74. The molecule has 1 unspecified atom stereocenters. The van der Waals surface area contributed by atoms with Gasteiger partial charge >= 0.3 is 0 Å². The van der Waals surface area contributed by atoms with Crippen molar-refractivity contribution in [3.63, 3.8) is 0 Å². The van der Waals surface area contributed by atoms with Gasteiger partial charge in [-0.15, -0.1) is 11.3 Å². The Morgan fingerprint density at radius 2 is 1.61 bits per heavy atom. The fourth-order valence-corrected chi connectivity index (χ4v) is 3.95. The van der Waals surface area contributed by atoms with Crippen LogP contribution in [0.2, 0.25) is 0 Å². The monoisotopic (exact) mass is 386 g/mol. The highest BCUT2D eigenvalue weighted by Gasteiger charge is 2.16. The maximum absolute atomic E-state index is 3.77. The van der Waals surface area contributed by atoms with E-state index in [0.29, 0.717) is 0 Å². The Kier molecular flexibility index (Phi) is 4.35. The highest BCUT2D eigenvalue weighted by molar-refractivity contribution is 9.11. The summed E-state index contributed by atoms with van der Waals surface area (Å²) < 4.78 is 1.17. The molecule has 0 saturated heterocycles. The van der Waals surface area contributed by atoms with Gasteiger partial charge < -0.3 is 0 Å². The van der Waals surface area contributed by atoms with Gasteiger partial charge in [-0.05, 0) is 44.6 Å². The molecular weight excluding hydrogens is 372 g/mol. The van der Waals surface area contributed by atoms with Crippen molar-refractivity contribution in [1.29, 1.82) is 0 Å². The van der Waals surface area contributed by atoms with Gasteiger partial charge in [0, 0.05) is 4.88 Å². The van der Waals surface area contributed by atoms with Gasteiger partial charge in [-0.2, -0.15) is 0 Å². The van der Waals surface area contributed by atoms with Crippen LogP contribution in [0.25, 0.3) is 0 Å². The molecule has 1 aromatic carbocycles. The van der Waals surface area contributed by atoms with Crippen molar-refractivity contribution in [3.05, 3.63) is 56.2 Å². The third-order valence-electron chi connectivity index (χ3n) is 2.91. The minimum Gasteiger partial charge on any atom is -0.132 e. The summed E-state index contributed by atoms with van der Waals surface area (Å²) in [5.74, 6) is 0. The van der Waals surface area contributed by atoms with Gasteiger partial charge in [0.2, 0.25) is 0 Å². The number of alkyl halides is 1. The minimum absolute atomic E-state index is 0.215. The van der Waals surface area contributed by atoms with Crippen molar-refractivity contribution < 1.29 is 0 Å². The lowest BCUT2D eigenvalue weighted by Crippen LogP contribution is -2.10. The first-order valence-corrected chi connectivity index (χ1v) is 8.40. The van der Waals surface area contributed by atoms with Gasteiger partial charge in [0.25, 0.3) is 0 Å². The van der Waals surface area contributed by atoms with E-state index in [2.05, 4.69) is 89.0 Å². The van der Waals surface area contributed by atoms with Gasteiger partial charge in [-0.25, -0.2) is 0 Å². The molecule has 0 aliphatic heterocycles. The van der Waals surface area contributed by atoms with Gasteiger partial charge in [0.05, 0.1) is 8.61 Å². The largest absolute Gasteiger partial charge is 0.132 e. The Balaban J connectivity index is 2.24. The molecule has 18 heavy (non-hydrogen) atoms. The zero-order valence-corrected chi connectivity index (χ0v) is 14.7. The van der Waals surface area contributed by atoms with E-state index in [-0.39, 0.29) is 10.2 Å². The van der Waals surface area contributed by atoms with Crippen LogP contribution in [0.3, 0.4) is 0 Å². The Morgan fingerprint density at radius 3 is 2.06 bits per heavy atom. The molecule has 2 aromatic rings. The quantitative estimate of drug-likeness (QED) is 0.531. The van der Waals surface area contributed by atoms with Gasteiger partial charge in [-0.1, -0.05) is 61.0 Å². The summed E-state index contributed by atoms with van der Waals surface area (Å²) in [5, 5.41) is 0. The molecule has 0 bridgehead atoms. The van der Waals surface area contributed by atoms with Crippen molar-refractivity contribution in [2.75, 3.05) is 0 Å². The molecule has 0 amide bonds. The molecule has 0 nitrogen and oxygen atoms in total. The number of hydrogen-bond donors (Lipinski definition) is 0. The van der Waals surface area contributed by atoms with E-state index >= 15 is 0 Å². The molecule has 96 valence electrons. The molecule has 1 atom stereocenters. The van der Waals surface area contributed by atoms with Crippen molar-refractivity contribution in [3.8, 4) is 0 Å². The Morgan fingerprint density at radius 1 is 1.00 bits per heavy atom. The van der Waals surface area contributed by atoms with E-state index in [9.17, 15) is 0 Å². The molecule has 0 radical (unpaired) electrons. The lowest BCUT2D eigenvalue weighted by atomic mass is 9.86. The van der Waals surface area contributed by atoms with Crippen LogP contribution < -0.4 is 0 Å². The van der Waals surface area contributed by atoms with E-state index in [1.165, 1.54) is 19.8 Å². The normalized spacial score (nSPS) is 13.6. The van der Waals surface area contributed by atoms with Crippen LogP contribution in [0.5, 0.6) is 0 Å². The summed E-state index contributed by atoms with van der Waals surface area (Å²) in [6.45, 7) is 6.72. The smallest absolute Gasteiger partial charge is 0.0738 e. The Labute approximate surface area is 130 Å². The first-order chi connectivity index (χ1) is 8.38. The summed E-state index contributed by atoms with van der Waals surface area (Å²) in [5.41, 5.74) is 2.89. The zero-order valence-electron chi connectivity index (χ0n) is 10.7. The van der Waals surface area contributed by atoms with Crippen LogP contribution in [0.15, 0.2) is 40.2 Å². The van der Waals surface area contributed by atoms with E-state index in [1.54, 1.807) is 11.3 Å². The van der Waals surface area contributed by atoms with Crippen molar-refractivity contribution in [2.24, 2.45) is 0 Å². The number of halogens is 2. The van der Waals surface area contributed by atoms with Gasteiger partial charge in [0.1, 0.15) is 0 Å². The highest BCUT2D eigenvalue weighted by atomic mass is 79.9. The minimum atomic E-state index is 0.215. The second-order valence-electron chi connectivity index (χ2n) is 5.38. The van der Waals surface area contributed by atoms with Crippen molar-refractivity contribution in [2.45, 2.75) is 31.0 Å². The number of hydrogen-bond acceptors (Lipinski definition) is 1. The predicted molar refractivity (Wildman–Crippen MR) is 87.9 cm³/mol. The summed E-state index contributed by atoms with van der Waals surface area (Å²) in [7, 11) is 0. The van der Waals surface area contributed by atoms with E-state index in [0.717, 1.165) is 0 Å². The van der Waals surface area contributed by atoms with Gasteiger partial charge in [0.15, 0.2) is 0 Å². The molecule has 3 heteroatoms. The molecule has 0 spiro atoms. The van der Waals surface area contributed by atoms with Crippen LogP contribution in [0.1, 0.15) is 41.6 Å². The second-order valence-corrected chi connectivity index (χ2v) is 8.79. The molecule has 0 aliphatic rings. The molecule has 2 rings (SSSR count).